The van der Waals surface area contributed by atoms with Gasteiger partial charge >= 0.3 is 6.18 Å². The van der Waals surface area contributed by atoms with Crippen molar-refractivity contribution in [2.75, 3.05) is 18.8 Å². The van der Waals surface area contributed by atoms with E-state index in [2.05, 4.69) is 10.0 Å². The first-order chi connectivity index (χ1) is 15.0. The number of hydrogen-bond acceptors (Lipinski definition) is 5. The monoisotopic (exact) mass is 488 g/mol. The highest BCUT2D eigenvalue weighted by Crippen LogP contribution is 2.34. The molecule has 32 heavy (non-hydrogen) atoms. The lowest BCUT2D eigenvalue weighted by Gasteiger charge is -2.23. The molecule has 0 unspecified atom stereocenters. The predicted octanol–water partition coefficient (Wildman–Crippen LogP) is 3.22. The maximum atomic E-state index is 13.4. The number of sulfonamides is 1. The highest BCUT2D eigenvalue weighted by molar-refractivity contribution is 7.91. The lowest BCUT2D eigenvalue weighted by molar-refractivity contribution is -0.137. The van der Waals surface area contributed by atoms with Gasteiger partial charge in [-0.3, -0.25) is 0 Å². The summed E-state index contributed by atoms with van der Waals surface area (Å²) in [7, 11) is -7.79. The number of hydrogen-bond donors (Lipinski definition) is 2. The molecule has 2 aromatic rings. The van der Waals surface area contributed by atoms with Gasteiger partial charge in [0.15, 0.2) is 0 Å². The first kappa shape index (κ1) is 24.4. The maximum Gasteiger partial charge on any atom is 0.416 e. The molecular formula is C21H23F3N2O4S2. The Balaban J connectivity index is 1.87. The van der Waals surface area contributed by atoms with Gasteiger partial charge in [0.05, 0.1) is 21.1 Å². The highest BCUT2D eigenvalue weighted by atomic mass is 32.2. The van der Waals surface area contributed by atoms with Gasteiger partial charge in [-0.15, -0.1) is 0 Å². The number of piperidine rings is 1. The molecule has 0 spiro atoms. The summed E-state index contributed by atoms with van der Waals surface area (Å²) in [6.07, 6.45) is -1.17. The second kappa shape index (κ2) is 9.74. The Hall–Kier alpha value is -2.21. The Kier molecular flexibility index (Phi) is 7.43. The van der Waals surface area contributed by atoms with Crippen LogP contribution in [0.1, 0.15) is 24.0 Å². The van der Waals surface area contributed by atoms with Crippen LogP contribution in [0.3, 0.4) is 0 Å². The second-order valence-corrected chi connectivity index (χ2v) is 11.2. The van der Waals surface area contributed by atoms with Crippen molar-refractivity contribution in [3.8, 4) is 0 Å². The van der Waals surface area contributed by atoms with Crippen molar-refractivity contribution < 1.29 is 30.0 Å². The van der Waals surface area contributed by atoms with Crippen molar-refractivity contribution in [2.45, 2.75) is 34.9 Å². The van der Waals surface area contributed by atoms with Crippen molar-refractivity contribution in [3.63, 3.8) is 0 Å². The molecule has 1 atom stereocenters. The minimum Gasteiger partial charge on any atom is -0.315 e. The normalized spacial score (nSPS) is 18.2. The van der Waals surface area contributed by atoms with Gasteiger partial charge in [-0.25, -0.2) is 21.6 Å². The SMILES string of the molecule is O=S(=O)(CC=Cc1cc(S(=O)(=O)c2ccccc2)ccc1C(F)(F)F)N[C@@H]1CCCNC1. The molecule has 1 fully saturated rings. The van der Waals surface area contributed by atoms with Crippen molar-refractivity contribution in [3.05, 3.63) is 65.7 Å². The van der Waals surface area contributed by atoms with Crippen LogP contribution in [-0.4, -0.2) is 41.7 Å². The van der Waals surface area contributed by atoms with Gasteiger partial charge in [-0.1, -0.05) is 30.4 Å². The lowest BCUT2D eigenvalue weighted by Crippen LogP contribution is -2.46. The summed E-state index contributed by atoms with van der Waals surface area (Å²) in [6, 6.07) is 9.57. The van der Waals surface area contributed by atoms with Crippen molar-refractivity contribution in [1.82, 2.24) is 10.0 Å². The molecule has 3 rings (SSSR count). The average Bonchev–Trinajstić information content (AvgIpc) is 2.74. The van der Waals surface area contributed by atoms with Gasteiger partial charge in [0, 0.05) is 12.6 Å². The number of alkyl halides is 3. The smallest absolute Gasteiger partial charge is 0.315 e. The van der Waals surface area contributed by atoms with E-state index in [1.165, 1.54) is 24.3 Å². The van der Waals surface area contributed by atoms with E-state index in [9.17, 15) is 30.0 Å². The molecule has 0 aliphatic carbocycles. The summed E-state index contributed by atoms with van der Waals surface area (Å²) in [5.74, 6) is -0.531. The van der Waals surface area contributed by atoms with Crippen LogP contribution >= 0.6 is 0 Å². The number of halogens is 3. The number of rotatable bonds is 7. The van der Waals surface area contributed by atoms with E-state index < -0.39 is 42.9 Å². The van der Waals surface area contributed by atoms with Crippen LogP contribution in [0.2, 0.25) is 0 Å². The molecule has 0 bridgehead atoms. The molecule has 0 aromatic heterocycles. The van der Waals surface area contributed by atoms with Crippen LogP contribution in [0.4, 0.5) is 13.2 Å². The van der Waals surface area contributed by atoms with E-state index in [1.54, 1.807) is 6.07 Å². The highest BCUT2D eigenvalue weighted by Gasteiger charge is 2.33. The average molecular weight is 489 g/mol. The third-order valence-electron chi connectivity index (χ3n) is 4.95. The molecule has 2 aromatic carbocycles. The first-order valence-corrected chi connectivity index (χ1v) is 13.0. The summed E-state index contributed by atoms with van der Waals surface area (Å²) in [4.78, 5) is -0.367. The third-order valence-corrected chi connectivity index (χ3v) is 8.04. The molecule has 11 heteroatoms. The van der Waals surface area contributed by atoms with Crippen LogP contribution in [0.25, 0.3) is 6.08 Å². The van der Waals surface area contributed by atoms with E-state index in [1.807, 2.05) is 0 Å². The Labute approximate surface area is 185 Å². The van der Waals surface area contributed by atoms with E-state index in [4.69, 9.17) is 0 Å². The summed E-state index contributed by atoms with van der Waals surface area (Å²) in [5, 5.41) is 3.07. The molecule has 1 heterocycles. The van der Waals surface area contributed by atoms with Crippen molar-refractivity contribution in [2.24, 2.45) is 0 Å². The zero-order valence-corrected chi connectivity index (χ0v) is 18.6. The van der Waals surface area contributed by atoms with Crippen LogP contribution in [-0.2, 0) is 26.0 Å². The van der Waals surface area contributed by atoms with Gasteiger partial charge in [-0.05, 0) is 55.3 Å². The molecule has 6 nitrogen and oxygen atoms in total. The zero-order chi connectivity index (χ0) is 23.4. The molecule has 1 aliphatic rings. The molecular weight excluding hydrogens is 465 g/mol. The van der Waals surface area contributed by atoms with Gasteiger partial charge in [0.1, 0.15) is 0 Å². The molecule has 2 N–H and O–H groups in total. The molecule has 174 valence electrons. The third kappa shape index (κ3) is 6.18. The number of benzene rings is 2. The predicted molar refractivity (Wildman–Crippen MR) is 115 cm³/mol. The maximum absolute atomic E-state index is 13.4. The van der Waals surface area contributed by atoms with Crippen LogP contribution < -0.4 is 10.0 Å². The molecule has 0 amide bonds. The topological polar surface area (TPSA) is 92.3 Å². The van der Waals surface area contributed by atoms with Crippen molar-refractivity contribution in [1.29, 1.82) is 0 Å². The zero-order valence-electron chi connectivity index (χ0n) is 17.0. The summed E-state index contributed by atoms with van der Waals surface area (Å²) < 4.78 is 93.0. The largest absolute Gasteiger partial charge is 0.416 e. The van der Waals surface area contributed by atoms with E-state index in [-0.39, 0.29) is 15.8 Å². The van der Waals surface area contributed by atoms with Gasteiger partial charge in [-0.2, -0.15) is 13.2 Å². The van der Waals surface area contributed by atoms with Crippen molar-refractivity contribution >= 4 is 25.9 Å². The van der Waals surface area contributed by atoms with E-state index in [0.29, 0.717) is 19.0 Å². The second-order valence-electron chi connectivity index (χ2n) is 7.41. The molecule has 0 saturated carbocycles. The van der Waals surface area contributed by atoms with Crippen LogP contribution in [0.5, 0.6) is 0 Å². The number of nitrogens with one attached hydrogen (secondary N) is 2. The first-order valence-electron chi connectivity index (χ1n) is 9.88. The quantitative estimate of drug-likeness (QED) is 0.625. The summed E-state index contributed by atoms with van der Waals surface area (Å²) in [5.41, 5.74) is -1.48. The number of sulfone groups is 1. The van der Waals surface area contributed by atoms with Crippen LogP contribution in [0.15, 0.2) is 64.4 Å². The lowest BCUT2D eigenvalue weighted by atomic mass is 10.1. The Bertz CT molecular complexity index is 1170. The van der Waals surface area contributed by atoms with Gasteiger partial charge in [0.2, 0.25) is 19.9 Å². The summed E-state index contributed by atoms with van der Waals surface area (Å²) in [6.45, 7) is 1.29. The fraction of sp³-hybridized carbons (Fsp3) is 0.333. The van der Waals surface area contributed by atoms with Gasteiger partial charge in [0.25, 0.3) is 0 Å². The van der Waals surface area contributed by atoms with E-state index >= 15 is 0 Å². The summed E-state index contributed by atoms with van der Waals surface area (Å²) >= 11 is 0. The fourth-order valence-electron chi connectivity index (χ4n) is 3.40. The van der Waals surface area contributed by atoms with Gasteiger partial charge < -0.3 is 5.32 Å². The molecule has 0 radical (unpaired) electrons. The van der Waals surface area contributed by atoms with Crippen LogP contribution in [0, 0.1) is 0 Å². The Morgan fingerprint density at radius 1 is 1.03 bits per heavy atom. The van der Waals surface area contributed by atoms with E-state index in [0.717, 1.165) is 37.3 Å². The Morgan fingerprint density at radius 2 is 1.75 bits per heavy atom. The standard InChI is InChI=1S/C21H23F3N2O4S2/c22-21(23,24)20-11-10-19(32(29,30)18-8-2-1-3-9-18)14-16(20)6-5-13-31(27,28)26-17-7-4-12-25-15-17/h1-3,5-6,8-11,14,17,25-26H,4,7,12-13,15H2/t17-/m1/s1. The Morgan fingerprint density at radius 3 is 2.38 bits per heavy atom. The molecule has 1 saturated heterocycles. The minimum absolute atomic E-state index is 0.0532. The fourth-order valence-corrected chi connectivity index (χ4v) is 5.87. The minimum atomic E-state index is -4.74. The molecule has 1 aliphatic heterocycles.